The number of nitrogens with zero attached hydrogens (tertiary/aromatic N) is 2. The second-order valence-electron chi connectivity index (χ2n) is 8.85. The summed E-state index contributed by atoms with van der Waals surface area (Å²) in [4.78, 5) is 12.1. The Kier molecular flexibility index (Phi) is 8.34. The number of benzene rings is 1. The van der Waals surface area contributed by atoms with E-state index in [0.29, 0.717) is 56.1 Å². The molecule has 2 saturated heterocycles. The summed E-state index contributed by atoms with van der Waals surface area (Å²) < 4.78 is 42.1. The molecular weight excluding hydrogens is 481 g/mol. The van der Waals surface area contributed by atoms with Gasteiger partial charge in [-0.1, -0.05) is 6.07 Å². The fourth-order valence-electron chi connectivity index (χ4n) is 4.02. The molecule has 9 nitrogen and oxygen atoms in total. The first-order valence-electron chi connectivity index (χ1n) is 11.3. The Hall–Kier alpha value is -1.37. The van der Waals surface area contributed by atoms with Crippen LogP contribution in [-0.2, 0) is 35.5 Å². The van der Waals surface area contributed by atoms with Crippen LogP contribution >= 0.6 is 0 Å². The normalized spacial score (nSPS) is 19.5. The first kappa shape index (κ1) is 26.7. The van der Waals surface area contributed by atoms with Crippen molar-refractivity contribution in [3.8, 4) is 5.75 Å². The molecule has 0 bridgehead atoms. The minimum Gasteiger partial charge on any atom is -0.493 e. The quantitative estimate of drug-likeness (QED) is 0.484. The van der Waals surface area contributed by atoms with Crippen molar-refractivity contribution in [2.45, 2.75) is 49.7 Å². The Labute approximate surface area is 229 Å². The van der Waals surface area contributed by atoms with Crippen molar-refractivity contribution in [2.24, 2.45) is 0 Å². The predicted octanol–water partition coefficient (Wildman–Crippen LogP) is 2.78. The van der Waals surface area contributed by atoms with Crippen molar-refractivity contribution in [1.82, 2.24) is 15.0 Å². The van der Waals surface area contributed by atoms with Crippen molar-refractivity contribution >= 4 is 51.4 Å². The predicted molar refractivity (Wildman–Crippen MR) is 131 cm³/mol. The molecule has 0 amide bonds. The molecule has 1 aromatic carbocycles. The van der Waals surface area contributed by atoms with Gasteiger partial charge < -0.3 is 28.7 Å². The molecule has 11 heteroatoms. The number of hydrogen-bond acceptors (Lipinski definition) is 8. The molecule has 1 N–H and O–H groups in total. The van der Waals surface area contributed by atoms with E-state index in [2.05, 4.69) is 15.0 Å². The molecule has 2 fully saturated rings. The number of rotatable bonds is 7. The van der Waals surface area contributed by atoms with Gasteiger partial charge in [-0.25, -0.2) is 4.98 Å². The van der Waals surface area contributed by atoms with Crippen LogP contribution in [0.1, 0.15) is 30.2 Å². The van der Waals surface area contributed by atoms with Crippen LogP contribution in [-0.4, -0.2) is 93.3 Å². The largest absolute Gasteiger partial charge is 0.493 e. The number of aromatic nitrogens is 3. The Balaban J connectivity index is 0.00000289. The smallest absolute Gasteiger partial charge is 0.216 e. The molecule has 1 unspecified atom stereocenters. The molecule has 1 atom stereocenters. The van der Waals surface area contributed by atoms with Crippen LogP contribution in [0.15, 0.2) is 35.6 Å². The van der Waals surface area contributed by atoms with Gasteiger partial charge in [-0.05, 0) is 44.5 Å². The second kappa shape index (κ2) is 10.9. The SMILES string of the molecule is Cc1ccc2nc(S(=O)Cc3nccc(OCCC4(C)OCC5(CO4)OCCO5)c3C)[nH]c2c1.[Na]. The van der Waals surface area contributed by atoms with E-state index in [1.165, 1.54) is 0 Å². The summed E-state index contributed by atoms with van der Waals surface area (Å²) in [6, 6.07) is 7.72. The van der Waals surface area contributed by atoms with Gasteiger partial charge in [0.2, 0.25) is 5.79 Å². The Morgan fingerprint density at radius 1 is 1.11 bits per heavy atom. The van der Waals surface area contributed by atoms with Crippen molar-refractivity contribution in [2.75, 3.05) is 33.0 Å². The van der Waals surface area contributed by atoms with E-state index in [1.54, 1.807) is 6.20 Å². The fraction of sp³-hybridized carbons (Fsp3) is 0.500. The molecule has 1 spiro atoms. The summed E-state index contributed by atoms with van der Waals surface area (Å²) in [5, 5.41) is 0.445. The standard InChI is InChI=1S/C24H29N3O6S.Na/c1-16-4-5-18-19(12-16)27-22(26-18)34(28)13-20-17(2)21(6-8-25-20)29-9-7-23(3)32-14-24(15-33-23)30-10-11-31-24;/h4-6,8,12H,7,9-11,13-15H2,1-3H3,(H,26,27);. The third kappa shape index (κ3) is 5.97. The number of ether oxygens (including phenoxy) is 5. The summed E-state index contributed by atoms with van der Waals surface area (Å²) in [5.41, 5.74) is 4.36. The number of hydrogen-bond donors (Lipinski definition) is 1. The maximum atomic E-state index is 13.0. The van der Waals surface area contributed by atoms with Gasteiger partial charge in [0.05, 0.1) is 53.1 Å². The molecular formula is C24H29N3NaO6S. The van der Waals surface area contributed by atoms with Gasteiger partial charge in [-0.15, -0.1) is 0 Å². The molecule has 1 radical (unpaired) electrons. The molecule has 4 heterocycles. The molecule has 0 aliphatic carbocycles. The molecule has 2 aliphatic rings. The number of nitrogens with one attached hydrogen (secondary N) is 1. The van der Waals surface area contributed by atoms with E-state index in [1.807, 2.05) is 45.0 Å². The first-order chi connectivity index (χ1) is 16.3. The third-order valence-electron chi connectivity index (χ3n) is 6.18. The number of H-pyrrole nitrogens is 1. The van der Waals surface area contributed by atoms with Crippen molar-refractivity contribution in [3.05, 3.63) is 47.3 Å². The van der Waals surface area contributed by atoms with E-state index in [9.17, 15) is 4.21 Å². The molecule has 3 aromatic rings. The van der Waals surface area contributed by atoms with Crippen LogP contribution < -0.4 is 4.74 Å². The zero-order valence-electron chi connectivity index (χ0n) is 20.6. The zero-order chi connectivity index (χ0) is 23.8. The van der Waals surface area contributed by atoms with Crippen LogP contribution in [0.4, 0.5) is 0 Å². The zero-order valence-corrected chi connectivity index (χ0v) is 23.4. The van der Waals surface area contributed by atoms with Crippen LogP contribution in [0, 0.1) is 13.8 Å². The number of aryl methyl sites for hydroxylation is 1. The number of aromatic amines is 1. The number of pyridine rings is 1. The van der Waals surface area contributed by atoms with Gasteiger partial charge in [-0.2, -0.15) is 0 Å². The Bertz CT molecular complexity index is 1200. The van der Waals surface area contributed by atoms with E-state index >= 15 is 0 Å². The van der Waals surface area contributed by atoms with Gasteiger partial charge >= 0.3 is 0 Å². The van der Waals surface area contributed by atoms with Gasteiger partial charge in [0, 0.05) is 47.7 Å². The van der Waals surface area contributed by atoms with Crippen LogP contribution in [0.3, 0.4) is 0 Å². The minimum atomic E-state index is -1.36. The van der Waals surface area contributed by atoms with Crippen molar-refractivity contribution in [3.63, 3.8) is 0 Å². The average Bonchev–Trinajstić information content (AvgIpc) is 3.46. The summed E-state index contributed by atoms with van der Waals surface area (Å²) in [7, 11) is -1.36. The van der Waals surface area contributed by atoms with Crippen molar-refractivity contribution in [1.29, 1.82) is 0 Å². The summed E-state index contributed by atoms with van der Waals surface area (Å²) in [5.74, 6) is -0.606. The average molecular weight is 511 g/mol. The van der Waals surface area contributed by atoms with E-state index in [-0.39, 0.29) is 35.3 Å². The Morgan fingerprint density at radius 2 is 1.86 bits per heavy atom. The molecule has 183 valence electrons. The fourth-order valence-corrected chi connectivity index (χ4v) is 5.12. The van der Waals surface area contributed by atoms with Crippen LogP contribution in [0.5, 0.6) is 5.75 Å². The van der Waals surface area contributed by atoms with E-state index in [4.69, 9.17) is 23.7 Å². The van der Waals surface area contributed by atoms with Crippen LogP contribution in [0.25, 0.3) is 11.0 Å². The summed E-state index contributed by atoms with van der Waals surface area (Å²) in [6.45, 7) is 7.98. The topological polar surface area (TPSA) is 105 Å². The molecule has 35 heavy (non-hydrogen) atoms. The minimum absolute atomic E-state index is 0. The van der Waals surface area contributed by atoms with Gasteiger partial charge in [0.25, 0.3) is 0 Å². The molecule has 2 aromatic heterocycles. The summed E-state index contributed by atoms with van der Waals surface area (Å²) in [6.07, 6.45) is 2.20. The van der Waals surface area contributed by atoms with E-state index in [0.717, 1.165) is 22.2 Å². The molecule has 5 rings (SSSR count). The number of fused-ring (bicyclic) bond motifs is 1. The van der Waals surface area contributed by atoms with Gasteiger partial charge in [0.1, 0.15) is 19.0 Å². The van der Waals surface area contributed by atoms with Crippen LogP contribution in [0.2, 0.25) is 0 Å². The Morgan fingerprint density at radius 3 is 2.60 bits per heavy atom. The number of imidazole rings is 1. The maximum absolute atomic E-state index is 13.0. The third-order valence-corrected chi connectivity index (χ3v) is 7.34. The molecule has 2 aliphatic heterocycles. The maximum Gasteiger partial charge on any atom is 0.216 e. The van der Waals surface area contributed by atoms with Crippen molar-refractivity contribution < 1.29 is 27.9 Å². The van der Waals surface area contributed by atoms with Gasteiger partial charge in [0.15, 0.2) is 10.9 Å². The summed E-state index contributed by atoms with van der Waals surface area (Å²) >= 11 is 0. The monoisotopic (exact) mass is 510 g/mol. The first-order valence-corrected chi connectivity index (χ1v) is 12.6. The second-order valence-corrected chi connectivity index (χ2v) is 10.2. The molecule has 0 saturated carbocycles. The van der Waals surface area contributed by atoms with E-state index < -0.39 is 22.4 Å². The van der Waals surface area contributed by atoms with Gasteiger partial charge in [-0.3, -0.25) is 9.19 Å².